The molecule has 0 aromatic heterocycles. The van der Waals surface area contributed by atoms with Crippen LogP contribution in [-0.4, -0.2) is 52.8 Å². The van der Waals surface area contributed by atoms with E-state index in [0.29, 0.717) is 6.54 Å². The number of hydrogen-bond donors (Lipinski definition) is 1. The van der Waals surface area contributed by atoms with E-state index in [1.807, 2.05) is 44.2 Å². The number of aliphatic hydroxyl groups is 1. The first-order valence-corrected chi connectivity index (χ1v) is 7.88. The maximum atomic E-state index is 12.4. The second kappa shape index (κ2) is 6.11. The topological polar surface area (TPSA) is 68.2 Å². The van der Waals surface area contributed by atoms with Crippen molar-refractivity contribution in [2.45, 2.75) is 57.5 Å². The molecular weight excluding hydrogens is 298 g/mol. The Kier molecular flexibility index (Phi) is 4.31. The summed E-state index contributed by atoms with van der Waals surface area (Å²) in [6, 6.07) is 9.02. The van der Waals surface area contributed by atoms with E-state index in [9.17, 15) is 9.90 Å². The first kappa shape index (κ1) is 16.2. The van der Waals surface area contributed by atoms with Gasteiger partial charge in [-0.05, 0) is 26.3 Å². The normalized spacial score (nSPS) is 30.1. The average Bonchev–Trinajstić information content (AvgIpc) is 2.97. The maximum absolute atomic E-state index is 12.4. The lowest BCUT2D eigenvalue weighted by molar-refractivity contribution is -0.164. The van der Waals surface area contributed by atoms with Crippen LogP contribution in [0.5, 0.6) is 0 Å². The molecule has 0 aliphatic carbocycles. The summed E-state index contributed by atoms with van der Waals surface area (Å²) in [7, 11) is 0. The molecule has 2 fully saturated rings. The van der Waals surface area contributed by atoms with Gasteiger partial charge in [-0.25, -0.2) is 4.79 Å². The van der Waals surface area contributed by atoms with E-state index < -0.39 is 24.0 Å². The van der Waals surface area contributed by atoms with Crippen molar-refractivity contribution in [3.63, 3.8) is 0 Å². The van der Waals surface area contributed by atoms with Crippen LogP contribution < -0.4 is 0 Å². The smallest absolute Gasteiger partial charge is 0.410 e. The van der Waals surface area contributed by atoms with Crippen LogP contribution in [0.3, 0.4) is 0 Å². The SMILES string of the molecule is C[C@H](O)[C@@H]1[C@@H]2OC(C)(C)O[C@@H]2CN1C(=O)OCc1ccccc1. The number of nitrogens with zero attached hydrogens (tertiary/aromatic N) is 1. The van der Waals surface area contributed by atoms with Gasteiger partial charge >= 0.3 is 6.09 Å². The molecule has 126 valence electrons. The third-order valence-electron chi connectivity index (χ3n) is 4.23. The Hall–Kier alpha value is -1.63. The van der Waals surface area contributed by atoms with Crippen molar-refractivity contribution < 1.29 is 24.1 Å². The van der Waals surface area contributed by atoms with Crippen LogP contribution in [0.15, 0.2) is 30.3 Å². The Morgan fingerprint density at radius 1 is 1.39 bits per heavy atom. The fraction of sp³-hybridized carbons (Fsp3) is 0.588. The summed E-state index contributed by atoms with van der Waals surface area (Å²) in [5.41, 5.74) is 0.919. The zero-order valence-corrected chi connectivity index (χ0v) is 13.6. The van der Waals surface area contributed by atoms with Crippen LogP contribution in [-0.2, 0) is 20.8 Å². The molecule has 1 N–H and O–H groups in total. The molecule has 0 unspecified atom stereocenters. The van der Waals surface area contributed by atoms with Gasteiger partial charge in [0.2, 0.25) is 0 Å². The molecule has 6 heteroatoms. The quantitative estimate of drug-likeness (QED) is 0.921. The van der Waals surface area contributed by atoms with Gasteiger partial charge < -0.3 is 19.3 Å². The van der Waals surface area contributed by atoms with Gasteiger partial charge in [0.1, 0.15) is 18.8 Å². The van der Waals surface area contributed by atoms with E-state index in [4.69, 9.17) is 14.2 Å². The summed E-state index contributed by atoms with van der Waals surface area (Å²) in [5, 5.41) is 10.1. The summed E-state index contributed by atoms with van der Waals surface area (Å²) in [5.74, 6) is -0.692. The van der Waals surface area contributed by atoms with E-state index in [-0.39, 0.29) is 18.8 Å². The molecule has 0 spiro atoms. The molecule has 2 aliphatic heterocycles. The number of carbonyl (C=O) groups is 1. The number of rotatable bonds is 3. The lowest BCUT2D eigenvalue weighted by Gasteiger charge is -2.30. The summed E-state index contributed by atoms with van der Waals surface area (Å²) < 4.78 is 17.0. The van der Waals surface area contributed by atoms with Gasteiger partial charge in [-0.15, -0.1) is 0 Å². The molecule has 6 nitrogen and oxygen atoms in total. The van der Waals surface area contributed by atoms with Crippen LogP contribution in [0.4, 0.5) is 4.79 Å². The number of amides is 1. The third kappa shape index (κ3) is 3.34. The molecule has 1 aromatic rings. The molecule has 0 bridgehead atoms. The summed E-state index contributed by atoms with van der Waals surface area (Å²) >= 11 is 0. The molecule has 2 heterocycles. The van der Waals surface area contributed by atoms with Crippen molar-refractivity contribution in [2.75, 3.05) is 6.54 Å². The number of hydrogen-bond acceptors (Lipinski definition) is 5. The van der Waals surface area contributed by atoms with Gasteiger partial charge in [0.15, 0.2) is 5.79 Å². The molecule has 3 rings (SSSR count). The minimum absolute atomic E-state index is 0.200. The molecule has 0 radical (unpaired) electrons. The van der Waals surface area contributed by atoms with Crippen molar-refractivity contribution >= 4 is 6.09 Å². The third-order valence-corrected chi connectivity index (χ3v) is 4.23. The number of ether oxygens (including phenoxy) is 3. The second-order valence-corrected chi connectivity index (χ2v) is 6.56. The van der Waals surface area contributed by atoms with Crippen molar-refractivity contribution in [3.8, 4) is 0 Å². The fourth-order valence-electron chi connectivity index (χ4n) is 3.32. The predicted octanol–water partition coefficient (Wildman–Crippen LogP) is 1.91. The minimum atomic E-state index is -0.730. The van der Waals surface area contributed by atoms with E-state index in [1.165, 1.54) is 4.90 Å². The highest BCUT2D eigenvalue weighted by molar-refractivity contribution is 5.69. The van der Waals surface area contributed by atoms with Gasteiger partial charge in [-0.2, -0.15) is 0 Å². The molecular formula is C17H23NO5. The maximum Gasteiger partial charge on any atom is 0.410 e. The molecule has 1 amide bonds. The highest BCUT2D eigenvalue weighted by Gasteiger charge is 2.55. The summed E-state index contributed by atoms with van der Waals surface area (Å²) in [6.45, 7) is 5.88. The first-order chi connectivity index (χ1) is 10.9. The Bertz CT molecular complexity index is 559. The van der Waals surface area contributed by atoms with Crippen LogP contribution in [0, 0.1) is 0 Å². The molecule has 1 aromatic carbocycles. The molecule has 23 heavy (non-hydrogen) atoms. The molecule has 4 atom stereocenters. The highest BCUT2D eigenvalue weighted by Crippen LogP contribution is 2.38. The van der Waals surface area contributed by atoms with Crippen molar-refractivity contribution in [1.29, 1.82) is 0 Å². The zero-order valence-electron chi connectivity index (χ0n) is 13.6. The van der Waals surface area contributed by atoms with Crippen molar-refractivity contribution in [2.24, 2.45) is 0 Å². The van der Waals surface area contributed by atoms with Crippen LogP contribution >= 0.6 is 0 Å². The number of carbonyl (C=O) groups excluding carboxylic acids is 1. The van der Waals surface area contributed by atoms with Crippen LogP contribution in [0.2, 0.25) is 0 Å². The number of benzene rings is 1. The number of aliphatic hydroxyl groups excluding tert-OH is 1. The van der Waals surface area contributed by atoms with Gasteiger partial charge in [0.25, 0.3) is 0 Å². The average molecular weight is 321 g/mol. The molecule has 0 saturated carbocycles. The lowest BCUT2D eigenvalue weighted by Crippen LogP contribution is -2.48. The predicted molar refractivity (Wildman–Crippen MR) is 82.6 cm³/mol. The van der Waals surface area contributed by atoms with Gasteiger partial charge in [-0.3, -0.25) is 4.90 Å². The van der Waals surface area contributed by atoms with Crippen molar-refractivity contribution in [3.05, 3.63) is 35.9 Å². The van der Waals surface area contributed by atoms with Gasteiger partial charge in [-0.1, -0.05) is 30.3 Å². The Morgan fingerprint density at radius 2 is 2.09 bits per heavy atom. The Morgan fingerprint density at radius 3 is 2.74 bits per heavy atom. The largest absolute Gasteiger partial charge is 0.445 e. The standard InChI is InChI=1S/C17H23NO5/c1-11(19)14-15-13(22-17(2,3)23-15)9-18(14)16(20)21-10-12-7-5-4-6-8-12/h4-8,11,13-15,19H,9-10H2,1-3H3/t11-,13+,14+,15+/m0/s1. The molecule has 2 aliphatic rings. The van der Waals surface area contributed by atoms with Crippen LogP contribution in [0.25, 0.3) is 0 Å². The summed E-state index contributed by atoms with van der Waals surface area (Å²) in [6.07, 6.45) is -1.77. The molecule has 2 saturated heterocycles. The zero-order chi connectivity index (χ0) is 16.6. The van der Waals surface area contributed by atoms with E-state index in [1.54, 1.807) is 6.92 Å². The monoisotopic (exact) mass is 321 g/mol. The van der Waals surface area contributed by atoms with Gasteiger partial charge in [0, 0.05) is 0 Å². The fourth-order valence-corrected chi connectivity index (χ4v) is 3.32. The van der Waals surface area contributed by atoms with E-state index >= 15 is 0 Å². The number of likely N-dealkylation sites (tertiary alicyclic amines) is 1. The van der Waals surface area contributed by atoms with Crippen LogP contribution in [0.1, 0.15) is 26.3 Å². The first-order valence-electron chi connectivity index (χ1n) is 7.88. The number of fused-ring (bicyclic) bond motifs is 1. The lowest BCUT2D eigenvalue weighted by atomic mass is 10.1. The van der Waals surface area contributed by atoms with Gasteiger partial charge in [0.05, 0.1) is 18.7 Å². The minimum Gasteiger partial charge on any atom is -0.445 e. The Labute approximate surface area is 135 Å². The summed E-state index contributed by atoms with van der Waals surface area (Å²) in [4.78, 5) is 13.9. The van der Waals surface area contributed by atoms with E-state index in [2.05, 4.69) is 0 Å². The highest BCUT2D eigenvalue weighted by atomic mass is 16.8. The van der Waals surface area contributed by atoms with E-state index in [0.717, 1.165) is 5.56 Å². The second-order valence-electron chi connectivity index (χ2n) is 6.56. The van der Waals surface area contributed by atoms with Crippen molar-refractivity contribution in [1.82, 2.24) is 4.90 Å². The Balaban J connectivity index is 1.66.